The van der Waals surface area contributed by atoms with Crippen molar-refractivity contribution in [3.8, 4) is 0 Å². The molecule has 0 aromatic carbocycles. The first-order chi connectivity index (χ1) is 7.15. The van der Waals surface area contributed by atoms with E-state index < -0.39 is 0 Å². The molecule has 84 valence electrons. The second-order valence-corrected chi connectivity index (χ2v) is 3.87. The van der Waals surface area contributed by atoms with Gasteiger partial charge in [0.05, 0.1) is 5.92 Å². The molecule has 1 fully saturated rings. The molecule has 3 heteroatoms. The zero-order chi connectivity index (χ0) is 11.3. The lowest BCUT2D eigenvalue weighted by molar-refractivity contribution is -0.148. The summed E-state index contributed by atoms with van der Waals surface area (Å²) in [4.78, 5) is 22.4. The second-order valence-electron chi connectivity index (χ2n) is 3.87. The van der Waals surface area contributed by atoms with Crippen molar-refractivity contribution in [2.75, 3.05) is 0 Å². The van der Waals surface area contributed by atoms with Crippen LogP contribution in [0.3, 0.4) is 0 Å². The van der Waals surface area contributed by atoms with Gasteiger partial charge in [0.1, 0.15) is 11.9 Å². The predicted octanol–water partition coefficient (Wildman–Crippen LogP) is 2.25. The summed E-state index contributed by atoms with van der Waals surface area (Å²) in [7, 11) is 0. The lowest BCUT2D eigenvalue weighted by Gasteiger charge is -2.16. The molecule has 0 aliphatic heterocycles. The minimum absolute atomic E-state index is 0.114. The highest BCUT2D eigenvalue weighted by molar-refractivity contribution is 5.84. The Balaban J connectivity index is 2.52. The normalized spacial score (nSPS) is 26.1. The summed E-state index contributed by atoms with van der Waals surface area (Å²) in [6.07, 6.45) is 6.74. The van der Waals surface area contributed by atoms with Crippen molar-refractivity contribution < 1.29 is 14.3 Å². The average Bonchev–Trinajstić information content (AvgIpc) is 2.49. The van der Waals surface area contributed by atoms with E-state index in [1.165, 1.54) is 6.92 Å². The summed E-state index contributed by atoms with van der Waals surface area (Å²) in [6, 6.07) is 0. The standard InChI is InChI=1S/C12H18O3/c1-3-4-5-6-10-11(14)7-8-12(10)15-9(2)13/h4-5,10,12H,3,6-8H2,1-2H3. The molecule has 1 saturated carbocycles. The van der Waals surface area contributed by atoms with Crippen molar-refractivity contribution >= 4 is 11.8 Å². The fourth-order valence-corrected chi connectivity index (χ4v) is 1.93. The van der Waals surface area contributed by atoms with Gasteiger partial charge < -0.3 is 4.74 Å². The Morgan fingerprint density at radius 2 is 2.27 bits per heavy atom. The van der Waals surface area contributed by atoms with Gasteiger partial charge in [-0.15, -0.1) is 0 Å². The molecule has 3 nitrogen and oxygen atoms in total. The topological polar surface area (TPSA) is 43.4 Å². The third-order valence-electron chi connectivity index (χ3n) is 2.65. The number of ketones is 1. The Hall–Kier alpha value is -1.12. The van der Waals surface area contributed by atoms with Crippen molar-refractivity contribution in [2.45, 2.75) is 45.6 Å². The number of rotatable bonds is 4. The largest absolute Gasteiger partial charge is 0.462 e. The molecule has 0 heterocycles. The van der Waals surface area contributed by atoms with Gasteiger partial charge in [0.2, 0.25) is 0 Å². The Morgan fingerprint density at radius 3 is 2.87 bits per heavy atom. The third kappa shape index (κ3) is 3.50. The van der Waals surface area contributed by atoms with Crippen LogP contribution in [-0.4, -0.2) is 17.9 Å². The molecule has 0 saturated heterocycles. The smallest absolute Gasteiger partial charge is 0.302 e. The van der Waals surface area contributed by atoms with Crippen molar-refractivity contribution in [2.24, 2.45) is 5.92 Å². The molecule has 0 radical (unpaired) electrons. The first-order valence-corrected chi connectivity index (χ1v) is 5.50. The first kappa shape index (κ1) is 12.0. The molecule has 0 amide bonds. The number of esters is 1. The van der Waals surface area contributed by atoms with Gasteiger partial charge in [-0.25, -0.2) is 0 Å². The Kier molecular flexibility index (Phi) is 4.53. The molecule has 0 spiro atoms. The predicted molar refractivity (Wildman–Crippen MR) is 57.3 cm³/mol. The van der Waals surface area contributed by atoms with Crippen LogP contribution in [0.25, 0.3) is 0 Å². The van der Waals surface area contributed by atoms with E-state index in [1.54, 1.807) is 0 Å². The highest BCUT2D eigenvalue weighted by Gasteiger charge is 2.35. The summed E-state index contributed by atoms with van der Waals surface area (Å²) in [5.74, 6) is -0.183. The molecular weight excluding hydrogens is 192 g/mol. The highest BCUT2D eigenvalue weighted by atomic mass is 16.5. The van der Waals surface area contributed by atoms with E-state index >= 15 is 0 Å². The molecule has 1 rings (SSSR count). The minimum atomic E-state index is -0.292. The zero-order valence-electron chi connectivity index (χ0n) is 9.36. The minimum Gasteiger partial charge on any atom is -0.462 e. The molecule has 2 unspecified atom stereocenters. The highest BCUT2D eigenvalue weighted by Crippen LogP contribution is 2.28. The van der Waals surface area contributed by atoms with E-state index in [9.17, 15) is 9.59 Å². The van der Waals surface area contributed by atoms with E-state index in [2.05, 4.69) is 6.92 Å². The van der Waals surface area contributed by atoms with Gasteiger partial charge in [-0.2, -0.15) is 0 Å². The molecule has 1 aliphatic rings. The lowest BCUT2D eigenvalue weighted by Crippen LogP contribution is -2.23. The van der Waals surface area contributed by atoms with Gasteiger partial charge in [-0.3, -0.25) is 9.59 Å². The second kappa shape index (κ2) is 5.69. The van der Waals surface area contributed by atoms with Gasteiger partial charge >= 0.3 is 5.97 Å². The number of hydrogen-bond donors (Lipinski definition) is 0. The maximum absolute atomic E-state index is 11.5. The van der Waals surface area contributed by atoms with Gasteiger partial charge in [-0.05, 0) is 19.3 Å². The summed E-state index contributed by atoms with van der Waals surface area (Å²) < 4.78 is 5.13. The third-order valence-corrected chi connectivity index (χ3v) is 2.65. The summed E-state index contributed by atoms with van der Waals surface area (Å²) >= 11 is 0. The quantitative estimate of drug-likeness (QED) is 0.528. The molecule has 0 bridgehead atoms. The van der Waals surface area contributed by atoms with Crippen LogP contribution in [0.2, 0.25) is 0 Å². The van der Waals surface area contributed by atoms with E-state index in [4.69, 9.17) is 4.74 Å². The zero-order valence-corrected chi connectivity index (χ0v) is 9.36. The number of carbonyl (C=O) groups is 2. The number of carbonyl (C=O) groups excluding carboxylic acids is 2. The van der Waals surface area contributed by atoms with Crippen LogP contribution < -0.4 is 0 Å². The Labute approximate surface area is 90.5 Å². The van der Waals surface area contributed by atoms with Crippen LogP contribution in [-0.2, 0) is 14.3 Å². The number of Topliss-reactive ketones (excluding diaryl/α,β-unsaturated/α-hetero) is 1. The first-order valence-electron chi connectivity index (χ1n) is 5.50. The van der Waals surface area contributed by atoms with Crippen LogP contribution >= 0.6 is 0 Å². The Bertz CT molecular complexity index is 268. The van der Waals surface area contributed by atoms with Crippen molar-refractivity contribution in [3.63, 3.8) is 0 Å². The summed E-state index contributed by atoms with van der Waals surface area (Å²) in [5.41, 5.74) is 0. The van der Waals surface area contributed by atoms with E-state index in [1.807, 2.05) is 12.2 Å². The maximum Gasteiger partial charge on any atom is 0.302 e. The molecule has 0 aromatic heterocycles. The maximum atomic E-state index is 11.5. The van der Waals surface area contributed by atoms with E-state index in [0.717, 1.165) is 6.42 Å². The van der Waals surface area contributed by atoms with Crippen LogP contribution in [0.1, 0.15) is 39.5 Å². The van der Waals surface area contributed by atoms with Crippen LogP contribution in [0, 0.1) is 5.92 Å². The molecule has 2 atom stereocenters. The fraction of sp³-hybridized carbons (Fsp3) is 0.667. The summed E-state index contributed by atoms with van der Waals surface area (Å²) in [6.45, 7) is 3.44. The van der Waals surface area contributed by atoms with E-state index in [0.29, 0.717) is 19.3 Å². The summed E-state index contributed by atoms with van der Waals surface area (Å²) in [5, 5.41) is 0. The molecule has 15 heavy (non-hydrogen) atoms. The number of allylic oxidation sites excluding steroid dienone is 2. The van der Waals surface area contributed by atoms with Gasteiger partial charge in [0.25, 0.3) is 0 Å². The number of ether oxygens (including phenoxy) is 1. The van der Waals surface area contributed by atoms with Gasteiger partial charge in [0.15, 0.2) is 0 Å². The van der Waals surface area contributed by atoms with Gasteiger partial charge in [0, 0.05) is 13.3 Å². The molecule has 1 aliphatic carbocycles. The van der Waals surface area contributed by atoms with Crippen LogP contribution in [0.15, 0.2) is 12.2 Å². The van der Waals surface area contributed by atoms with Crippen LogP contribution in [0.4, 0.5) is 0 Å². The number of hydrogen-bond acceptors (Lipinski definition) is 3. The monoisotopic (exact) mass is 210 g/mol. The fourth-order valence-electron chi connectivity index (χ4n) is 1.93. The molecule has 0 N–H and O–H groups in total. The van der Waals surface area contributed by atoms with Crippen LogP contribution in [0.5, 0.6) is 0 Å². The average molecular weight is 210 g/mol. The van der Waals surface area contributed by atoms with E-state index in [-0.39, 0.29) is 23.8 Å². The molecular formula is C12H18O3. The Morgan fingerprint density at radius 1 is 1.53 bits per heavy atom. The van der Waals surface area contributed by atoms with Crippen molar-refractivity contribution in [1.29, 1.82) is 0 Å². The van der Waals surface area contributed by atoms with Crippen molar-refractivity contribution in [3.05, 3.63) is 12.2 Å². The van der Waals surface area contributed by atoms with Gasteiger partial charge in [-0.1, -0.05) is 19.1 Å². The SMILES string of the molecule is CCC=CCC1C(=O)CCC1OC(C)=O. The molecule has 0 aromatic rings. The van der Waals surface area contributed by atoms with Crippen molar-refractivity contribution in [1.82, 2.24) is 0 Å². The lowest BCUT2D eigenvalue weighted by atomic mass is 10.0.